The first-order chi connectivity index (χ1) is 9.72. The highest BCUT2D eigenvalue weighted by molar-refractivity contribution is 7.89. The average molecular weight is 312 g/mol. The van der Waals surface area contributed by atoms with Crippen LogP contribution in [0.3, 0.4) is 0 Å². The van der Waals surface area contributed by atoms with Crippen molar-refractivity contribution in [2.75, 3.05) is 0 Å². The largest absolute Gasteiger partial charge is 0.337 e. The fourth-order valence-corrected chi connectivity index (χ4v) is 2.94. The van der Waals surface area contributed by atoms with E-state index in [9.17, 15) is 8.42 Å². The van der Waals surface area contributed by atoms with Gasteiger partial charge in [0.15, 0.2) is 5.03 Å². The third-order valence-electron chi connectivity index (χ3n) is 3.30. The molecule has 8 nitrogen and oxygen atoms in total. The lowest BCUT2D eigenvalue weighted by molar-refractivity contribution is 0.573. The van der Waals surface area contributed by atoms with E-state index in [-0.39, 0.29) is 17.5 Å². The minimum Gasteiger partial charge on any atom is -0.337 e. The first-order valence-corrected chi connectivity index (χ1v) is 8.08. The lowest BCUT2D eigenvalue weighted by atomic mass is 10.2. The summed E-state index contributed by atoms with van der Waals surface area (Å²) < 4.78 is 30.3. The van der Waals surface area contributed by atoms with Crippen LogP contribution in [-0.4, -0.2) is 32.7 Å². The van der Waals surface area contributed by atoms with Crippen molar-refractivity contribution in [2.45, 2.75) is 38.3 Å². The highest BCUT2D eigenvalue weighted by atomic mass is 32.2. The summed E-state index contributed by atoms with van der Waals surface area (Å²) in [6, 6.07) is 0. The minimum absolute atomic E-state index is 0.00810. The van der Waals surface area contributed by atoms with Crippen molar-refractivity contribution in [3.05, 3.63) is 23.7 Å². The molecule has 1 N–H and O–H groups in total. The molecule has 0 amide bonds. The monoisotopic (exact) mass is 312 g/mol. The van der Waals surface area contributed by atoms with E-state index in [0.29, 0.717) is 11.6 Å². The van der Waals surface area contributed by atoms with E-state index in [1.165, 1.54) is 6.20 Å². The summed E-state index contributed by atoms with van der Waals surface area (Å²) in [5.41, 5.74) is 0. The van der Waals surface area contributed by atoms with Crippen molar-refractivity contribution >= 4 is 10.0 Å². The van der Waals surface area contributed by atoms with Gasteiger partial charge in [-0.15, -0.1) is 10.2 Å². The molecule has 0 saturated carbocycles. The molecule has 0 saturated heterocycles. The molecule has 116 valence electrons. The summed E-state index contributed by atoms with van der Waals surface area (Å²) in [6.07, 6.45) is 1.48. The Balaban J connectivity index is 2.15. The summed E-state index contributed by atoms with van der Waals surface area (Å²) in [4.78, 5) is 4.02. The van der Waals surface area contributed by atoms with Gasteiger partial charge in [-0.1, -0.05) is 13.8 Å². The number of imidazole rings is 1. The van der Waals surface area contributed by atoms with Crippen LogP contribution in [0.4, 0.5) is 0 Å². The lowest BCUT2D eigenvalue weighted by Crippen LogP contribution is -2.25. The number of nitrogens with one attached hydrogen (secondary N) is 1. The van der Waals surface area contributed by atoms with Crippen LogP contribution in [0.25, 0.3) is 0 Å². The zero-order chi connectivity index (χ0) is 15.8. The molecule has 21 heavy (non-hydrogen) atoms. The maximum atomic E-state index is 12.2. The van der Waals surface area contributed by atoms with Crippen molar-refractivity contribution in [2.24, 2.45) is 14.1 Å². The standard InChI is InChI=1S/C12H20N6O2S/c1-8(2)12-16-15-10(18(12)5)6-13-21(19,20)11-7-17(4)9(3)14-11/h7-8,13H,6H2,1-5H3. The minimum atomic E-state index is -3.65. The molecular formula is C12H20N6O2S. The Hall–Kier alpha value is -1.74. The highest BCUT2D eigenvalue weighted by Gasteiger charge is 2.20. The second-order valence-electron chi connectivity index (χ2n) is 5.25. The van der Waals surface area contributed by atoms with E-state index in [1.54, 1.807) is 23.1 Å². The topological polar surface area (TPSA) is 94.7 Å². The van der Waals surface area contributed by atoms with Crippen molar-refractivity contribution in [3.8, 4) is 0 Å². The summed E-state index contributed by atoms with van der Waals surface area (Å²) in [7, 11) is -0.0787. The van der Waals surface area contributed by atoms with Crippen LogP contribution in [-0.2, 0) is 30.7 Å². The Morgan fingerprint density at radius 3 is 2.43 bits per heavy atom. The molecular weight excluding hydrogens is 292 g/mol. The van der Waals surface area contributed by atoms with Crippen LogP contribution < -0.4 is 4.72 Å². The summed E-state index contributed by atoms with van der Waals surface area (Å²) >= 11 is 0. The first kappa shape index (κ1) is 15.6. The maximum Gasteiger partial charge on any atom is 0.260 e. The molecule has 0 aromatic carbocycles. The van der Waals surface area contributed by atoms with Crippen molar-refractivity contribution < 1.29 is 8.42 Å². The van der Waals surface area contributed by atoms with Crippen LogP contribution >= 0.6 is 0 Å². The third kappa shape index (κ3) is 3.13. The molecule has 0 unspecified atom stereocenters. The van der Waals surface area contributed by atoms with Crippen LogP contribution in [0.1, 0.15) is 37.2 Å². The van der Waals surface area contributed by atoms with E-state index < -0.39 is 10.0 Å². The van der Waals surface area contributed by atoms with Gasteiger partial charge in [-0.25, -0.2) is 18.1 Å². The van der Waals surface area contributed by atoms with E-state index in [0.717, 1.165) is 5.82 Å². The molecule has 0 aliphatic rings. The van der Waals surface area contributed by atoms with Gasteiger partial charge in [0.05, 0.1) is 6.54 Å². The van der Waals surface area contributed by atoms with Crippen LogP contribution in [0.5, 0.6) is 0 Å². The Kier molecular flexibility index (Phi) is 4.15. The third-order valence-corrected chi connectivity index (χ3v) is 4.57. The Morgan fingerprint density at radius 2 is 1.95 bits per heavy atom. The predicted octanol–water partition coefficient (Wildman–Crippen LogP) is 0.459. The zero-order valence-electron chi connectivity index (χ0n) is 12.8. The molecule has 0 fully saturated rings. The fraction of sp³-hybridized carbons (Fsp3) is 0.583. The maximum absolute atomic E-state index is 12.2. The predicted molar refractivity (Wildman–Crippen MR) is 77.1 cm³/mol. The molecule has 0 aliphatic heterocycles. The number of rotatable bonds is 5. The zero-order valence-corrected chi connectivity index (χ0v) is 13.6. The highest BCUT2D eigenvalue weighted by Crippen LogP contribution is 2.12. The van der Waals surface area contributed by atoms with Crippen LogP contribution in [0.2, 0.25) is 0 Å². The second kappa shape index (κ2) is 5.57. The molecule has 0 atom stereocenters. The van der Waals surface area contributed by atoms with Gasteiger partial charge in [0.25, 0.3) is 10.0 Å². The Morgan fingerprint density at radius 1 is 1.29 bits per heavy atom. The molecule has 0 bridgehead atoms. The lowest BCUT2D eigenvalue weighted by Gasteiger charge is -2.07. The second-order valence-corrected chi connectivity index (χ2v) is 6.96. The van der Waals surface area contributed by atoms with Gasteiger partial charge >= 0.3 is 0 Å². The number of aryl methyl sites for hydroxylation is 2. The number of hydrogen-bond donors (Lipinski definition) is 1. The smallest absolute Gasteiger partial charge is 0.260 e. The van der Waals surface area contributed by atoms with Crippen molar-refractivity contribution in [3.63, 3.8) is 0 Å². The van der Waals surface area contributed by atoms with Gasteiger partial charge in [-0.05, 0) is 6.92 Å². The van der Waals surface area contributed by atoms with E-state index in [1.807, 2.05) is 20.9 Å². The van der Waals surface area contributed by atoms with Crippen molar-refractivity contribution in [1.29, 1.82) is 0 Å². The Labute approximate surface area is 124 Å². The van der Waals surface area contributed by atoms with Gasteiger partial charge in [0.1, 0.15) is 17.5 Å². The van der Waals surface area contributed by atoms with Gasteiger partial charge in [-0.3, -0.25) is 0 Å². The molecule has 2 heterocycles. The quantitative estimate of drug-likeness (QED) is 0.865. The van der Waals surface area contributed by atoms with Gasteiger partial charge < -0.3 is 9.13 Å². The Bertz CT molecular complexity index is 724. The van der Waals surface area contributed by atoms with E-state index in [4.69, 9.17) is 0 Å². The van der Waals surface area contributed by atoms with Crippen LogP contribution in [0, 0.1) is 6.92 Å². The molecule has 2 aromatic heterocycles. The number of hydrogen-bond acceptors (Lipinski definition) is 5. The van der Waals surface area contributed by atoms with E-state index >= 15 is 0 Å². The molecule has 0 radical (unpaired) electrons. The molecule has 9 heteroatoms. The SMILES string of the molecule is Cc1nc(S(=O)(=O)NCc2nnc(C(C)C)n2C)cn1C. The first-order valence-electron chi connectivity index (χ1n) is 6.60. The molecule has 2 rings (SSSR count). The number of sulfonamides is 1. The molecule has 0 spiro atoms. The summed E-state index contributed by atoms with van der Waals surface area (Å²) in [5, 5.41) is 8.09. The van der Waals surface area contributed by atoms with Gasteiger partial charge in [-0.2, -0.15) is 0 Å². The summed E-state index contributed by atoms with van der Waals surface area (Å²) in [6.45, 7) is 5.84. The van der Waals surface area contributed by atoms with Crippen molar-refractivity contribution in [1.82, 2.24) is 29.0 Å². The molecule has 2 aromatic rings. The van der Waals surface area contributed by atoms with E-state index in [2.05, 4.69) is 19.9 Å². The number of nitrogens with zero attached hydrogens (tertiary/aromatic N) is 5. The van der Waals surface area contributed by atoms with Gasteiger partial charge in [0.2, 0.25) is 0 Å². The normalized spacial score (nSPS) is 12.3. The fourth-order valence-electron chi connectivity index (χ4n) is 1.92. The van der Waals surface area contributed by atoms with Crippen LogP contribution in [0.15, 0.2) is 11.2 Å². The average Bonchev–Trinajstić information content (AvgIpc) is 2.92. The number of aromatic nitrogens is 5. The summed E-state index contributed by atoms with van der Waals surface area (Å²) in [5.74, 6) is 2.25. The van der Waals surface area contributed by atoms with Gasteiger partial charge in [0, 0.05) is 26.2 Å². The molecule has 0 aliphatic carbocycles.